The van der Waals surface area contributed by atoms with E-state index >= 15 is 0 Å². The predicted molar refractivity (Wildman–Crippen MR) is 108 cm³/mol. The Morgan fingerprint density at radius 1 is 1.04 bits per heavy atom. The molecule has 0 unspecified atom stereocenters. The van der Waals surface area contributed by atoms with Crippen LogP contribution in [0.1, 0.15) is 16.8 Å². The molecule has 3 rings (SSSR count). The van der Waals surface area contributed by atoms with E-state index in [0.29, 0.717) is 24.9 Å². The lowest BCUT2D eigenvalue weighted by atomic mass is 10.1. The molecule has 1 heterocycles. The van der Waals surface area contributed by atoms with Gasteiger partial charge in [-0.3, -0.25) is 4.99 Å². The number of rotatable bonds is 5. The number of nitrogens with one attached hydrogen (secondary N) is 2. The summed E-state index contributed by atoms with van der Waals surface area (Å²) < 4.78 is 6.65. The molecule has 0 radical (unpaired) electrons. The van der Waals surface area contributed by atoms with E-state index in [2.05, 4.69) is 55.6 Å². The van der Waals surface area contributed by atoms with Gasteiger partial charge < -0.3 is 15.1 Å². The first-order chi connectivity index (χ1) is 12.6. The Kier molecular flexibility index (Phi) is 6.07. The normalized spacial score (nSPS) is 11.4. The number of guanidine groups is 1. The van der Waals surface area contributed by atoms with Gasteiger partial charge in [0.05, 0.1) is 12.2 Å². The van der Waals surface area contributed by atoms with E-state index in [4.69, 9.17) is 4.42 Å². The van der Waals surface area contributed by atoms with E-state index in [9.17, 15) is 0 Å². The molecule has 0 saturated carbocycles. The van der Waals surface area contributed by atoms with Crippen molar-refractivity contribution in [3.63, 3.8) is 0 Å². The highest BCUT2D eigenvalue weighted by Gasteiger charge is 2.07. The molecule has 0 aliphatic rings. The molecular weight excluding hydrogens is 392 g/mol. The third-order valence-corrected chi connectivity index (χ3v) is 4.41. The first-order valence-corrected chi connectivity index (χ1v) is 9.14. The van der Waals surface area contributed by atoms with Crippen LogP contribution in [0.2, 0.25) is 0 Å². The Bertz CT molecular complexity index is 870. The van der Waals surface area contributed by atoms with E-state index in [1.807, 2.05) is 36.4 Å². The van der Waals surface area contributed by atoms with E-state index in [1.165, 1.54) is 11.1 Å². The number of benzene rings is 2. The summed E-state index contributed by atoms with van der Waals surface area (Å²) in [4.78, 5) is 8.76. The van der Waals surface area contributed by atoms with Crippen molar-refractivity contribution in [2.75, 3.05) is 7.05 Å². The molecule has 0 saturated heterocycles. The van der Waals surface area contributed by atoms with Crippen LogP contribution in [-0.4, -0.2) is 18.0 Å². The van der Waals surface area contributed by atoms with Crippen LogP contribution in [0, 0.1) is 6.92 Å². The molecule has 2 aromatic carbocycles. The number of hydrogen-bond donors (Lipinski definition) is 2. The summed E-state index contributed by atoms with van der Waals surface area (Å²) in [6.07, 6.45) is 1.67. The van der Waals surface area contributed by atoms with Gasteiger partial charge in [-0.1, -0.05) is 45.8 Å². The third kappa shape index (κ3) is 4.95. The minimum Gasteiger partial charge on any atom is -0.444 e. The highest BCUT2D eigenvalue weighted by Crippen LogP contribution is 2.19. The van der Waals surface area contributed by atoms with Gasteiger partial charge in [-0.2, -0.15) is 0 Å². The second kappa shape index (κ2) is 8.67. The summed E-state index contributed by atoms with van der Waals surface area (Å²) >= 11 is 3.44. The van der Waals surface area contributed by atoms with Crippen molar-refractivity contribution in [1.29, 1.82) is 0 Å². The number of aliphatic imine (C=N–C) groups is 1. The fourth-order valence-corrected chi connectivity index (χ4v) is 2.66. The minimum absolute atomic E-state index is 0.537. The molecule has 2 N–H and O–H groups in total. The molecule has 1 aromatic heterocycles. The van der Waals surface area contributed by atoms with Crippen LogP contribution >= 0.6 is 15.9 Å². The fourth-order valence-electron chi connectivity index (χ4n) is 2.40. The molecule has 0 amide bonds. The van der Waals surface area contributed by atoms with Crippen molar-refractivity contribution >= 4 is 21.9 Å². The summed E-state index contributed by atoms with van der Waals surface area (Å²) in [5, 5.41) is 6.53. The molecule has 6 heteroatoms. The summed E-state index contributed by atoms with van der Waals surface area (Å²) in [6, 6.07) is 16.3. The molecular formula is C20H21BrN4O. The van der Waals surface area contributed by atoms with Crippen molar-refractivity contribution in [2.45, 2.75) is 20.0 Å². The monoisotopic (exact) mass is 412 g/mol. The smallest absolute Gasteiger partial charge is 0.226 e. The molecule has 0 spiro atoms. The summed E-state index contributed by atoms with van der Waals surface area (Å²) in [7, 11) is 1.75. The van der Waals surface area contributed by atoms with Crippen LogP contribution in [0.4, 0.5) is 0 Å². The minimum atomic E-state index is 0.537. The van der Waals surface area contributed by atoms with Crippen molar-refractivity contribution in [3.05, 3.63) is 76.1 Å². The first-order valence-electron chi connectivity index (χ1n) is 8.34. The molecule has 26 heavy (non-hydrogen) atoms. The van der Waals surface area contributed by atoms with Gasteiger partial charge in [-0.05, 0) is 36.8 Å². The molecule has 134 valence electrons. The van der Waals surface area contributed by atoms with E-state index in [0.717, 1.165) is 15.7 Å². The van der Waals surface area contributed by atoms with Gasteiger partial charge in [-0.15, -0.1) is 0 Å². The van der Waals surface area contributed by atoms with Gasteiger partial charge in [0.15, 0.2) is 5.96 Å². The Morgan fingerprint density at radius 3 is 2.42 bits per heavy atom. The van der Waals surface area contributed by atoms with Gasteiger partial charge in [0.1, 0.15) is 6.26 Å². The van der Waals surface area contributed by atoms with Crippen molar-refractivity contribution in [1.82, 2.24) is 15.6 Å². The Labute approximate surface area is 161 Å². The van der Waals surface area contributed by atoms with Crippen LogP contribution in [0.15, 0.2) is 68.7 Å². The Balaban J connectivity index is 1.54. The predicted octanol–water partition coefficient (Wildman–Crippen LogP) is 4.28. The third-order valence-electron chi connectivity index (χ3n) is 3.88. The molecule has 0 bridgehead atoms. The zero-order valence-corrected chi connectivity index (χ0v) is 16.4. The first kappa shape index (κ1) is 18.2. The van der Waals surface area contributed by atoms with Gasteiger partial charge >= 0.3 is 0 Å². The molecule has 0 atom stereocenters. The van der Waals surface area contributed by atoms with E-state index < -0.39 is 0 Å². The second-order valence-corrected chi connectivity index (χ2v) is 6.83. The van der Waals surface area contributed by atoms with E-state index in [-0.39, 0.29) is 0 Å². The summed E-state index contributed by atoms with van der Waals surface area (Å²) in [5.74, 6) is 1.34. The van der Waals surface area contributed by atoms with Crippen LogP contribution in [0.5, 0.6) is 0 Å². The topological polar surface area (TPSA) is 62.5 Å². The maximum absolute atomic E-state index is 5.58. The largest absolute Gasteiger partial charge is 0.444 e. The molecule has 0 aliphatic carbocycles. The number of aryl methyl sites for hydroxylation is 1. The molecule has 0 fully saturated rings. The van der Waals surface area contributed by atoms with Gasteiger partial charge in [-0.25, -0.2) is 4.98 Å². The van der Waals surface area contributed by atoms with Crippen molar-refractivity contribution in [2.24, 2.45) is 4.99 Å². The van der Waals surface area contributed by atoms with Crippen LogP contribution in [-0.2, 0) is 13.1 Å². The lowest BCUT2D eigenvalue weighted by Gasteiger charge is -2.10. The molecule has 5 nitrogen and oxygen atoms in total. The second-order valence-electron chi connectivity index (χ2n) is 5.92. The lowest BCUT2D eigenvalue weighted by Crippen LogP contribution is -2.36. The number of aromatic nitrogens is 1. The molecule has 0 aliphatic heterocycles. The van der Waals surface area contributed by atoms with E-state index in [1.54, 1.807) is 13.3 Å². The number of nitrogens with zero attached hydrogens (tertiary/aromatic N) is 2. The quantitative estimate of drug-likeness (QED) is 0.484. The Hall–Kier alpha value is -2.60. The number of hydrogen-bond acceptors (Lipinski definition) is 3. The maximum atomic E-state index is 5.58. The van der Waals surface area contributed by atoms with Gasteiger partial charge in [0.25, 0.3) is 0 Å². The highest BCUT2D eigenvalue weighted by molar-refractivity contribution is 9.10. The standard InChI is InChI=1S/C20H21BrN4O/c1-14-3-7-16(8-4-14)19-25-18(13-26-19)12-24-20(22-2)23-11-15-5-9-17(21)10-6-15/h3-10,13H,11-12H2,1-2H3,(H2,22,23,24). The lowest BCUT2D eigenvalue weighted by molar-refractivity contribution is 0.572. The molecule has 3 aromatic rings. The van der Waals surface area contributed by atoms with Crippen LogP contribution < -0.4 is 10.6 Å². The van der Waals surface area contributed by atoms with Crippen LogP contribution in [0.25, 0.3) is 11.5 Å². The van der Waals surface area contributed by atoms with Crippen molar-refractivity contribution < 1.29 is 4.42 Å². The fraction of sp³-hybridized carbons (Fsp3) is 0.200. The maximum Gasteiger partial charge on any atom is 0.226 e. The van der Waals surface area contributed by atoms with Crippen molar-refractivity contribution in [3.8, 4) is 11.5 Å². The zero-order valence-electron chi connectivity index (χ0n) is 14.8. The van der Waals surface area contributed by atoms with Gasteiger partial charge in [0.2, 0.25) is 5.89 Å². The Morgan fingerprint density at radius 2 is 1.73 bits per heavy atom. The van der Waals surface area contributed by atoms with Crippen LogP contribution in [0.3, 0.4) is 0 Å². The number of halogens is 1. The highest BCUT2D eigenvalue weighted by atomic mass is 79.9. The SMILES string of the molecule is CN=C(NCc1ccc(Br)cc1)NCc1coc(-c2ccc(C)cc2)n1. The summed E-state index contributed by atoms with van der Waals surface area (Å²) in [6.45, 7) is 3.29. The summed E-state index contributed by atoms with van der Waals surface area (Å²) in [5.41, 5.74) is 4.19. The zero-order chi connectivity index (χ0) is 18.4. The average molecular weight is 413 g/mol. The van der Waals surface area contributed by atoms with Gasteiger partial charge in [0, 0.05) is 23.6 Å². The average Bonchev–Trinajstić information content (AvgIpc) is 3.13. The number of oxazole rings is 1.